The predicted octanol–water partition coefficient (Wildman–Crippen LogP) is 3.20. The number of hydrogen-bond donors (Lipinski definition) is 2. The zero-order chi connectivity index (χ0) is 17.0. The molecule has 0 saturated heterocycles. The number of aliphatic carboxylic acids is 1. The highest BCUT2D eigenvalue weighted by Crippen LogP contribution is 2.19. The molecule has 0 aliphatic carbocycles. The highest BCUT2D eigenvalue weighted by molar-refractivity contribution is 6.33. The second kappa shape index (κ2) is 7.48. The molecule has 2 aromatic rings. The summed E-state index contributed by atoms with van der Waals surface area (Å²) >= 11 is 11.9. The second-order valence-electron chi connectivity index (χ2n) is 4.89. The molecule has 6 nitrogen and oxygen atoms in total. The Morgan fingerprint density at radius 3 is 2.57 bits per heavy atom. The fourth-order valence-electron chi connectivity index (χ4n) is 2.03. The monoisotopic (exact) mass is 355 g/mol. The van der Waals surface area contributed by atoms with Crippen LogP contribution in [-0.2, 0) is 4.79 Å². The Balaban J connectivity index is 2.35. The molecule has 1 aromatic carbocycles. The van der Waals surface area contributed by atoms with Crippen molar-refractivity contribution in [2.75, 3.05) is 5.32 Å². The topological polar surface area (TPSA) is 84.2 Å². The van der Waals surface area contributed by atoms with Crippen molar-refractivity contribution >= 4 is 34.9 Å². The lowest BCUT2D eigenvalue weighted by atomic mass is 10.1. The van der Waals surface area contributed by atoms with E-state index in [0.717, 1.165) is 4.68 Å². The Morgan fingerprint density at radius 2 is 2.00 bits per heavy atom. The third-order valence-electron chi connectivity index (χ3n) is 3.20. The normalized spacial score (nSPS) is 12.0. The molecule has 0 saturated carbocycles. The maximum absolute atomic E-state index is 12.3. The van der Waals surface area contributed by atoms with E-state index >= 15 is 0 Å². The highest BCUT2D eigenvalue weighted by atomic mass is 35.5. The number of rotatable bonds is 6. The molecule has 2 N–H and O–H groups in total. The number of anilines is 1. The number of aromatic nitrogens is 2. The Morgan fingerprint density at radius 1 is 1.35 bits per heavy atom. The van der Waals surface area contributed by atoms with Crippen molar-refractivity contribution in [1.82, 2.24) is 9.78 Å². The van der Waals surface area contributed by atoms with Gasteiger partial charge in [0, 0.05) is 5.02 Å². The molecule has 1 unspecified atom stereocenters. The van der Waals surface area contributed by atoms with E-state index in [-0.39, 0.29) is 10.7 Å². The van der Waals surface area contributed by atoms with Crippen molar-refractivity contribution in [3.05, 3.63) is 50.9 Å². The summed E-state index contributed by atoms with van der Waals surface area (Å²) < 4.78 is 1.12. The molecule has 0 aliphatic rings. The van der Waals surface area contributed by atoms with Crippen molar-refractivity contribution in [1.29, 1.82) is 0 Å². The van der Waals surface area contributed by atoms with Gasteiger partial charge in [-0.2, -0.15) is 9.78 Å². The molecule has 0 fully saturated rings. The first-order chi connectivity index (χ1) is 10.9. The van der Waals surface area contributed by atoms with Crippen LogP contribution in [0.2, 0.25) is 10.0 Å². The van der Waals surface area contributed by atoms with Gasteiger partial charge in [-0.1, -0.05) is 36.5 Å². The number of carboxylic acids is 1. The number of nitrogens with one attached hydrogen (secondary N) is 1. The van der Waals surface area contributed by atoms with E-state index in [4.69, 9.17) is 28.3 Å². The molecule has 122 valence electrons. The van der Waals surface area contributed by atoms with E-state index in [1.54, 1.807) is 24.3 Å². The molecule has 0 amide bonds. The molecule has 1 heterocycles. The third-order valence-corrected chi connectivity index (χ3v) is 3.81. The van der Waals surface area contributed by atoms with Crippen LogP contribution < -0.4 is 10.9 Å². The smallest absolute Gasteiger partial charge is 0.326 e. The molecule has 0 bridgehead atoms. The van der Waals surface area contributed by atoms with Crippen LogP contribution in [0.1, 0.15) is 19.8 Å². The predicted molar refractivity (Wildman–Crippen MR) is 89.8 cm³/mol. The van der Waals surface area contributed by atoms with Crippen molar-refractivity contribution < 1.29 is 9.90 Å². The number of benzene rings is 1. The molecule has 0 aliphatic heterocycles. The molecule has 8 heteroatoms. The summed E-state index contributed by atoms with van der Waals surface area (Å²) in [6.07, 6.45) is 2.42. The van der Waals surface area contributed by atoms with Crippen LogP contribution in [0.25, 0.3) is 5.69 Å². The fourth-order valence-corrected chi connectivity index (χ4v) is 2.34. The van der Waals surface area contributed by atoms with Gasteiger partial charge >= 0.3 is 5.97 Å². The summed E-state index contributed by atoms with van der Waals surface area (Å²) in [7, 11) is 0. The molecular weight excluding hydrogens is 341 g/mol. The fraction of sp³-hybridized carbons (Fsp3) is 0.267. The number of carbonyl (C=O) groups is 1. The molecule has 2 rings (SSSR count). The van der Waals surface area contributed by atoms with Gasteiger partial charge in [-0.3, -0.25) is 4.79 Å². The van der Waals surface area contributed by atoms with Crippen molar-refractivity contribution in [2.45, 2.75) is 25.8 Å². The highest BCUT2D eigenvalue weighted by Gasteiger charge is 2.19. The third kappa shape index (κ3) is 4.03. The maximum Gasteiger partial charge on any atom is 0.326 e. The zero-order valence-electron chi connectivity index (χ0n) is 12.3. The van der Waals surface area contributed by atoms with E-state index in [1.807, 2.05) is 6.92 Å². The summed E-state index contributed by atoms with van der Waals surface area (Å²) in [5.41, 5.74) is 0.165. The van der Waals surface area contributed by atoms with Crippen molar-refractivity contribution in [2.24, 2.45) is 0 Å². The molecule has 1 atom stereocenters. The average molecular weight is 356 g/mol. The van der Waals surface area contributed by atoms with Gasteiger partial charge in [0.1, 0.15) is 11.1 Å². The minimum Gasteiger partial charge on any atom is -0.480 e. The molecule has 1 aromatic heterocycles. The van der Waals surface area contributed by atoms with Gasteiger partial charge in [0.05, 0.1) is 17.6 Å². The molecule has 0 radical (unpaired) electrons. The van der Waals surface area contributed by atoms with Gasteiger partial charge in [-0.05, 0) is 30.7 Å². The van der Waals surface area contributed by atoms with Crippen LogP contribution in [-0.4, -0.2) is 26.9 Å². The van der Waals surface area contributed by atoms with E-state index < -0.39 is 17.6 Å². The van der Waals surface area contributed by atoms with Crippen LogP contribution in [0, 0.1) is 0 Å². The number of carboxylic acid groups (broad SMARTS) is 1. The maximum atomic E-state index is 12.3. The Labute approximate surface area is 142 Å². The van der Waals surface area contributed by atoms with Gasteiger partial charge in [0.25, 0.3) is 5.56 Å². The summed E-state index contributed by atoms with van der Waals surface area (Å²) in [4.78, 5) is 23.5. The molecular formula is C15H15Cl2N3O3. The standard InChI is InChI=1S/C15H15Cl2N3O3/c1-2-3-11(15(22)23)19-12-8-18-20(14(21)13(12)17)10-6-4-9(16)5-7-10/h4-8,11,19H,2-3H2,1H3,(H,22,23). The largest absolute Gasteiger partial charge is 0.480 e. The first-order valence-corrected chi connectivity index (χ1v) is 7.72. The quantitative estimate of drug-likeness (QED) is 0.830. The summed E-state index contributed by atoms with van der Waals surface area (Å²) in [6.45, 7) is 1.87. The Kier molecular flexibility index (Phi) is 5.63. The van der Waals surface area contributed by atoms with Crippen molar-refractivity contribution in [3.8, 4) is 5.69 Å². The van der Waals surface area contributed by atoms with Crippen LogP contribution in [0.4, 0.5) is 5.69 Å². The van der Waals surface area contributed by atoms with Crippen LogP contribution in [0.3, 0.4) is 0 Å². The van der Waals surface area contributed by atoms with E-state index in [2.05, 4.69) is 10.4 Å². The lowest BCUT2D eigenvalue weighted by Crippen LogP contribution is -2.31. The van der Waals surface area contributed by atoms with E-state index in [9.17, 15) is 9.59 Å². The zero-order valence-corrected chi connectivity index (χ0v) is 13.8. The molecule has 23 heavy (non-hydrogen) atoms. The van der Waals surface area contributed by atoms with Gasteiger partial charge in [0.2, 0.25) is 0 Å². The average Bonchev–Trinajstić information content (AvgIpc) is 2.52. The summed E-state index contributed by atoms with van der Waals surface area (Å²) in [5, 5.41) is 16.4. The van der Waals surface area contributed by atoms with Crippen LogP contribution in [0.15, 0.2) is 35.3 Å². The van der Waals surface area contributed by atoms with Crippen LogP contribution in [0.5, 0.6) is 0 Å². The lowest BCUT2D eigenvalue weighted by Gasteiger charge is -2.16. The van der Waals surface area contributed by atoms with E-state index in [1.165, 1.54) is 6.20 Å². The second-order valence-corrected chi connectivity index (χ2v) is 5.70. The summed E-state index contributed by atoms with van der Waals surface area (Å²) in [6, 6.07) is 5.71. The van der Waals surface area contributed by atoms with Gasteiger partial charge in [-0.25, -0.2) is 4.79 Å². The van der Waals surface area contributed by atoms with Crippen LogP contribution >= 0.6 is 23.2 Å². The number of nitrogens with zero attached hydrogens (tertiary/aromatic N) is 2. The minimum absolute atomic E-state index is 0.114. The minimum atomic E-state index is -1.01. The Bertz CT molecular complexity index is 760. The van der Waals surface area contributed by atoms with Gasteiger partial charge in [-0.15, -0.1) is 0 Å². The summed E-state index contributed by atoms with van der Waals surface area (Å²) in [5.74, 6) is -1.01. The Hall–Kier alpha value is -2.05. The van der Waals surface area contributed by atoms with Crippen molar-refractivity contribution in [3.63, 3.8) is 0 Å². The first-order valence-electron chi connectivity index (χ1n) is 6.97. The molecule has 0 spiro atoms. The number of hydrogen-bond acceptors (Lipinski definition) is 4. The van der Waals surface area contributed by atoms with E-state index in [0.29, 0.717) is 23.6 Å². The SMILES string of the molecule is CCCC(Nc1cnn(-c2ccc(Cl)cc2)c(=O)c1Cl)C(=O)O. The van der Waals surface area contributed by atoms with Gasteiger partial charge in [0.15, 0.2) is 0 Å². The number of halogens is 2. The lowest BCUT2D eigenvalue weighted by molar-refractivity contribution is -0.138. The first kappa shape index (κ1) is 17.3. The van der Waals surface area contributed by atoms with Gasteiger partial charge < -0.3 is 10.4 Å².